The highest BCUT2D eigenvalue weighted by Gasteiger charge is 2.13. The number of ether oxygens (including phenoxy) is 2. The number of methoxy groups -OCH3 is 2. The molecule has 7 nitrogen and oxygen atoms in total. The Morgan fingerprint density at radius 1 is 1.09 bits per heavy atom. The smallest absolute Gasteiger partial charge is 0.354 e. The Bertz CT molecular complexity index is 595. The molecule has 0 aliphatic heterocycles. The van der Waals surface area contributed by atoms with Crippen molar-refractivity contribution in [3.8, 4) is 0 Å². The zero-order valence-corrected chi connectivity index (χ0v) is 12.6. The summed E-state index contributed by atoms with van der Waals surface area (Å²) in [7, 11) is 2.40. The summed E-state index contributed by atoms with van der Waals surface area (Å²) in [6, 6.07) is 6.71. The van der Waals surface area contributed by atoms with E-state index in [1.165, 1.54) is 14.2 Å². The van der Waals surface area contributed by atoms with Crippen molar-refractivity contribution in [2.24, 2.45) is 0 Å². The number of amides is 1. The van der Waals surface area contributed by atoms with Gasteiger partial charge in [0.25, 0.3) is 0 Å². The number of benzene rings is 1. The van der Waals surface area contributed by atoms with Gasteiger partial charge in [-0.2, -0.15) is 0 Å². The lowest BCUT2D eigenvalue weighted by atomic mass is 10.2. The van der Waals surface area contributed by atoms with E-state index < -0.39 is 11.9 Å². The van der Waals surface area contributed by atoms with Gasteiger partial charge in [0.15, 0.2) is 0 Å². The summed E-state index contributed by atoms with van der Waals surface area (Å²) in [6.45, 7) is 1.74. The predicted molar refractivity (Wildman–Crippen MR) is 81.1 cm³/mol. The molecule has 1 aromatic rings. The number of carbonyl (C=O) groups is 3. The van der Waals surface area contributed by atoms with Gasteiger partial charge in [0.1, 0.15) is 5.70 Å². The van der Waals surface area contributed by atoms with Crippen LogP contribution in [0.5, 0.6) is 0 Å². The van der Waals surface area contributed by atoms with Gasteiger partial charge in [-0.15, -0.1) is 0 Å². The minimum atomic E-state index is -0.714. The summed E-state index contributed by atoms with van der Waals surface area (Å²) in [5.74, 6) is -1.54. The van der Waals surface area contributed by atoms with Crippen LogP contribution >= 0.6 is 0 Å². The number of nitrogens with one attached hydrogen (secondary N) is 2. The van der Waals surface area contributed by atoms with Crippen molar-refractivity contribution in [2.75, 3.05) is 24.9 Å². The van der Waals surface area contributed by atoms with Gasteiger partial charge in [-0.1, -0.05) is 13.0 Å². The van der Waals surface area contributed by atoms with Gasteiger partial charge in [-0.05, 0) is 18.2 Å². The second kappa shape index (κ2) is 8.46. The van der Waals surface area contributed by atoms with Crippen molar-refractivity contribution < 1.29 is 23.9 Å². The molecule has 0 aromatic heterocycles. The summed E-state index contributed by atoms with van der Waals surface area (Å²) in [5.41, 5.74) is 1.00. The van der Waals surface area contributed by atoms with Crippen molar-refractivity contribution >= 4 is 29.2 Å². The van der Waals surface area contributed by atoms with E-state index in [0.29, 0.717) is 17.8 Å². The molecule has 0 radical (unpaired) electrons. The predicted octanol–water partition coefficient (Wildman–Crippen LogP) is 1.68. The maximum Gasteiger partial charge on any atom is 0.354 e. The highest BCUT2D eigenvalue weighted by atomic mass is 16.5. The SMILES string of the molecule is CCC(=O)Nc1cccc(N/C(=C/C(=O)OC)C(=O)OC)c1. The van der Waals surface area contributed by atoms with Crippen molar-refractivity contribution in [1.82, 2.24) is 0 Å². The van der Waals surface area contributed by atoms with E-state index in [-0.39, 0.29) is 11.6 Å². The molecule has 7 heteroatoms. The van der Waals surface area contributed by atoms with Crippen LogP contribution in [-0.4, -0.2) is 32.1 Å². The van der Waals surface area contributed by atoms with Crippen LogP contribution in [0.4, 0.5) is 11.4 Å². The van der Waals surface area contributed by atoms with Gasteiger partial charge in [0.2, 0.25) is 5.91 Å². The molecule has 0 bridgehead atoms. The summed E-state index contributed by atoms with van der Waals surface area (Å²) in [5, 5.41) is 5.46. The van der Waals surface area contributed by atoms with E-state index in [4.69, 9.17) is 0 Å². The summed E-state index contributed by atoms with van der Waals surface area (Å²) >= 11 is 0. The topological polar surface area (TPSA) is 93.7 Å². The summed E-state index contributed by atoms with van der Waals surface area (Å²) < 4.78 is 9.08. The molecule has 0 saturated carbocycles. The lowest BCUT2D eigenvalue weighted by molar-refractivity contribution is -0.138. The normalized spacial score (nSPS) is 10.6. The van der Waals surface area contributed by atoms with E-state index in [2.05, 4.69) is 20.1 Å². The van der Waals surface area contributed by atoms with Crippen molar-refractivity contribution in [3.05, 3.63) is 36.0 Å². The molecule has 2 N–H and O–H groups in total. The monoisotopic (exact) mass is 306 g/mol. The van der Waals surface area contributed by atoms with Crippen molar-refractivity contribution in [3.63, 3.8) is 0 Å². The Kier molecular flexibility index (Phi) is 6.62. The molecule has 118 valence electrons. The fourth-order valence-corrected chi connectivity index (χ4v) is 1.51. The number of anilines is 2. The van der Waals surface area contributed by atoms with E-state index in [9.17, 15) is 14.4 Å². The Hall–Kier alpha value is -2.83. The van der Waals surface area contributed by atoms with E-state index in [1.54, 1.807) is 31.2 Å². The third kappa shape index (κ3) is 5.28. The molecule has 0 fully saturated rings. The average molecular weight is 306 g/mol. The summed E-state index contributed by atoms with van der Waals surface area (Å²) in [6.07, 6.45) is 1.34. The average Bonchev–Trinajstić information content (AvgIpc) is 2.53. The van der Waals surface area contributed by atoms with Gasteiger partial charge >= 0.3 is 11.9 Å². The standard InChI is InChI=1S/C15H18N2O5/c1-4-13(18)17-11-7-5-6-10(8-11)16-12(15(20)22-3)9-14(19)21-2/h5-9,16H,4H2,1-3H3,(H,17,18)/b12-9+. The van der Waals surface area contributed by atoms with Crippen molar-refractivity contribution in [1.29, 1.82) is 0 Å². The minimum Gasteiger partial charge on any atom is -0.466 e. The third-order valence-electron chi connectivity index (χ3n) is 2.62. The zero-order chi connectivity index (χ0) is 16.5. The molecule has 1 amide bonds. The molecular weight excluding hydrogens is 288 g/mol. The van der Waals surface area contributed by atoms with Crippen LogP contribution in [0.1, 0.15) is 13.3 Å². The van der Waals surface area contributed by atoms with Crippen LogP contribution in [0.2, 0.25) is 0 Å². The molecular formula is C15H18N2O5. The number of hydrogen-bond acceptors (Lipinski definition) is 6. The first-order chi connectivity index (χ1) is 10.5. The van der Waals surface area contributed by atoms with Gasteiger partial charge in [0, 0.05) is 17.8 Å². The number of hydrogen-bond donors (Lipinski definition) is 2. The molecule has 1 rings (SSSR count). The van der Waals surface area contributed by atoms with Crippen LogP contribution in [0.15, 0.2) is 36.0 Å². The maximum absolute atomic E-state index is 11.6. The number of rotatable bonds is 6. The largest absolute Gasteiger partial charge is 0.466 e. The van der Waals surface area contributed by atoms with Crippen LogP contribution in [0.3, 0.4) is 0 Å². The summed E-state index contributed by atoms with van der Waals surface area (Å²) in [4.78, 5) is 34.3. The van der Waals surface area contributed by atoms with Crippen LogP contribution in [0.25, 0.3) is 0 Å². The minimum absolute atomic E-state index is 0.0756. The van der Waals surface area contributed by atoms with Gasteiger partial charge in [0.05, 0.1) is 20.3 Å². The molecule has 0 aliphatic rings. The first kappa shape index (κ1) is 17.2. The third-order valence-corrected chi connectivity index (χ3v) is 2.62. The second-order valence-corrected chi connectivity index (χ2v) is 4.18. The molecule has 0 saturated heterocycles. The lowest BCUT2D eigenvalue weighted by Gasteiger charge is -2.11. The zero-order valence-electron chi connectivity index (χ0n) is 12.6. The Morgan fingerprint density at radius 3 is 2.27 bits per heavy atom. The van der Waals surface area contributed by atoms with Gasteiger partial charge in [-0.25, -0.2) is 9.59 Å². The molecule has 0 aliphatic carbocycles. The Morgan fingerprint density at radius 2 is 1.73 bits per heavy atom. The quantitative estimate of drug-likeness (QED) is 0.613. The Balaban J connectivity index is 2.96. The molecule has 22 heavy (non-hydrogen) atoms. The number of esters is 2. The second-order valence-electron chi connectivity index (χ2n) is 4.18. The van der Waals surface area contributed by atoms with E-state index >= 15 is 0 Å². The Labute approximate surface area is 128 Å². The fourth-order valence-electron chi connectivity index (χ4n) is 1.51. The maximum atomic E-state index is 11.6. The van der Waals surface area contributed by atoms with Crippen LogP contribution in [-0.2, 0) is 23.9 Å². The highest BCUT2D eigenvalue weighted by Crippen LogP contribution is 2.17. The van der Waals surface area contributed by atoms with E-state index in [0.717, 1.165) is 6.08 Å². The molecule has 0 spiro atoms. The first-order valence-electron chi connectivity index (χ1n) is 6.55. The lowest BCUT2D eigenvalue weighted by Crippen LogP contribution is -2.15. The highest BCUT2D eigenvalue weighted by molar-refractivity contribution is 5.99. The fraction of sp³-hybridized carbons (Fsp3) is 0.267. The number of carbonyl (C=O) groups excluding carboxylic acids is 3. The van der Waals surface area contributed by atoms with E-state index in [1.807, 2.05) is 0 Å². The van der Waals surface area contributed by atoms with Crippen LogP contribution in [0, 0.1) is 0 Å². The molecule has 0 unspecified atom stereocenters. The molecule has 1 aromatic carbocycles. The van der Waals surface area contributed by atoms with Crippen molar-refractivity contribution in [2.45, 2.75) is 13.3 Å². The van der Waals surface area contributed by atoms with Gasteiger partial charge < -0.3 is 20.1 Å². The first-order valence-corrected chi connectivity index (χ1v) is 6.55. The molecule has 0 atom stereocenters. The van der Waals surface area contributed by atoms with Crippen LogP contribution < -0.4 is 10.6 Å². The van der Waals surface area contributed by atoms with Gasteiger partial charge in [-0.3, -0.25) is 4.79 Å². The molecule has 0 heterocycles.